The van der Waals surface area contributed by atoms with Crippen molar-refractivity contribution in [2.24, 2.45) is 5.92 Å². The molecule has 7 nitrogen and oxygen atoms in total. The minimum Gasteiger partial charge on any atom is -0.479 e. The zero-order valence-electron chi connectivity index (χ0n) is 11.6. The van der Waals surface area contributed by atoms with Gasteiger partial charge in [0.2, 0.25) is 0 Å². The summed E-state index contributed by atoms with van der Waals surface area (Å²) in [6, 6.07) is -0.244. The molecule has 2 aliphatic rings. The van der Waals surface area contributed by atoms with Crippen LogP contribution in [-0.4, -0.2) is 55.1 Å². The van der Waals surface area contributed by atoms with Gasteiger partial charge in [0.15, 0.2) is 6.10 Å². The van der Waals surface area contributed by atoms with E-state index in [1.54, 1.807) is 0 Å². The fourth-order valence-corrected chi connectivity index (χ4v) is 2.57. The Balaban J connectivity index is 1.60. The molecule has 0 aromatic carbocycles. The zero-order chi connectivity index (χ0) is 14.5. The number of ether oxygens (including phenoxy) is 2. The molecule has 0 radical (unpaired) electrons. The van der Waals surface area contributed by atoms with Crippen molar-refractivity contribution in [1.82, 2.24) is 10.6 Å². The molecule has 0 aromatic rings. The van der Waals surface area contributed by atoms with Gasteiger partial charge in [-0.25, -0.2) is 9.59 Å². The van der Waals surface area contributed by atoms with E-state index in [4.69, 9.17) is 14.6 Å². The van der Waals surface area contributed by atoms with Gasteiger partial charge in [0.25, 0.3) is 0 Å². The Morgan fingerprint density at radius 2 is 1.95 bits per heavy atom. The predicted molar refractivity (Wildman–Crippen MR) is 70.5 cm³/mol. The van der Waals surface area contributed by atoms with Crippen molar-refractivity contribution in [3.63, 3.8) is 0 Å². The largest absolute Gasteiger partial charge is 0.479 e. The number of hydrogen-bond donors (Lipinski definition) is 3. The molecule has 0 bridgehead atoms. The van der Waals surface area contributed by atoms with Crippen LogP contribution in [0.5, 0.6) is 0 Å². The standard InChI is InChI=1S/C13H22N2O5/c1-8-9(4-5-19-8)6-14-13(18)15-7-10-2-3-11(20-10)12(16)17/h8-11H,2-7H2,1H3,(H,16,17)(H2,14,15,18). The molecule has 7 heteroatoms. The summed E-state index contributed by atoms with van der Waals surface area (Å²) in [6.07, 6.45) is 1.36. The molecule has 0 saturated carbocycles. The maximum absolute atomic E-state index is 11.6. The summed E-state index contributed by atoms with van der Waals surface area (Å²) in [5, 5.41) is 14.3. The number of aliphatic carboxylic acids is 1. The van der Waals surface area contributed by atoms with Gasteiger partial charge in [0.05, 0.1) is 12.2 Å². The minimum atomic E-state index is -0.938. The lowest BCUT2D eigenvalue weighted by Crippen LogP contribution is -2.42. The van der Waals surface area contributed by atoms with Crippen LogP contribution < -0.4 is 10.6 Å². The molecule has 0 aromatic heterocycles. The van der Waals surface area contributed by atoms with E-state index in [-0.39, 0.29) is 18.2 Å². The molecule has 2 fully saturated rings. The van der Waals surface area contributed by atoms with E-state index in [2.05, 4.69) is 10.6 Å². The maximum atomic E-state index is 11.6. The third-order valence-corrected chi connectivity index (χ3v) is 3.93. The lowest BCUT2D eigenvalue weighted by atomic mass is 10.0. The van der Waals surface area contributed by atoms with E-state index in [0.29, 0.717) is 31.8 Å². The number of carboxylic acid groups (broad SMARTS) is 1. The van der Waals surface area contributed by atoms with Crippen molar-refractivity contribution in [1.29, 1.82) is 0 Å². The van der Waals surface area contributed by atoms with Crippen molar-refractivity contribution < 1.29 is 24.2 Å². The number of hydrogen-bond acceptors (Lipinski definition) is 4. The Labute approximate surface area is 118 Å². The first-order chi connectivity index (χ1) is 9.56. The van der Waals surface area contributed by atoms with Crippen LogP contribution in [0.4, 0.5) is 4.79 Å². The molecule has 4 atom stereocenters. The second kappa shape index (κ2) is 6.90. The maximum Gasteiger partial charge on any atom is 0.332 e. The zero-order valence-corrected chi connectivity index (χ0v) is 11.6. The molecule has 20 heavy (non-hydrogen) atoms. The molecule has 2 amide bonds. The van der Waals surface area contributed by atoms with Crippen LogP contribution in [0.3, 0.4) is 0 Å². The quantitative estimate of drug-likeness (QED) is 0.677. The lowest BCUT2D eigenvalue weighted by molar-refractivity contribution is -0.149. The molecule has 2 aliphatic heterocycles. The van der Waals surface area contributed by atoms with Crippen LogP contribution in [0.25, 0.3) is 0 Å². The van der Waals surface area contributed by atoms with Crippen LogP contribution in [0.2, 0.25) is 0 Å². The van der Waals surface area contributed by atoms with E-state index in [0.717, 1.165) is 13.0 Å². The first-order valence-electron chi connectivity index (χ1n) is 7.08. The number of carbonyl (C=O) groups excluding carboxylic acids is 1. The van der Waals surface area contributed by atoms with Gasteiger partial charge in [-0.3, -0.25) is 0 Å². The Morgan fingerprint density at radius 3 is 2.55 bits per heavy atom. The fraction of sp³-hybridized carbons (Fsp3) is 0.846. The number of amides is 2. The SMILES string of the molecule is CC1OCCC1CNC(=O)NCC1CCC(C(=O)O)O1. The van der Waals surface area contributed by atoms with E-state index < -0.39 is 12.1 Å². The smallest absolute Gasteiger partial charge is 0.332 e. The number of rotatable bonds is 5. The van der Waals surface area contributed by atoms with Gasteiger partial charge in [-0.1, -0.05) is 0 Å². The minimum absolute atomic E-state index is 0.185. The normalized spacial score (nSPS) is 33.0. The molecule has 2 rings (SSSR count). The van der Waals surface area contributed by atoms with Gasteiger partial charge < -0.3 is 25.2 Å². The highest BCUT2D eigenvalue weighted by Gasteiger charge is 2.30. The Bertz CT molecular complexity index is 363. The summed E-state index contributed by atoms with van der Waals surface area (Å²) in [5.41, 5.74) is 0. The fourth-order valence-electron chi connectivity index (χ4n) is 2.57. The molecule has 2 heterocycles. The third kappa shape index (κ3) is 4.08. The molecule has 114 valence electrons. The van der Waals surface area contributed by atoms with Crippen LogP contribution in [-0.2, 0) is 14.3 Å². The Hall–Kier alpha value is -1.34. The van der Waals surface area contributed by atoms with E-state index in [1.807, 2.05) is 6.92 Å². The van der Waals surface area contributed by atoms with Crippen molar-refractivity contribution in [3.05, 3.63) is 0 Å². The Morgan fingerprint density at radius 1 is 1.20 bits per heavy atom. The average Bonchev–Trinajstić information content (AvgIpc) is 3.03. The first-order valence-corrected chi connectivity index (χ1v) is 7.08. The summed E-state index contributed by atoms with van der Waals surface area (Å²) >= 11 is 0. The summed E-state index contributed by atoms with van der Waals surface area (Å²) in [6.45, 7) is 3.69. The van der Waals surface area contributed by atoms with Crippen molar-refractivity contribution >= 4 is 12.0 Å². The number of carbonyl (C=O) groups is 2. The molecular formula is C13H22N2O5. The number of nitrogens with one attached hydrogen (secondary N) is 2. The second-order valence-corrected chi connectivity index (χ2v) is 5.38. The van der Waals surface area contributed by atoms with Crippen LogP contribution >= 0.6 is 0 Å². The summed E-state index contributed by atoms with van der Waals surface area (Å²) in [5.74, 6) is -0.577. The topological polar surface area (TPSA) is 96.9 Å². The third-order valence-electron chi connectivity index (χ3n) is 3.93. The monoisotopic (exact) mass is 286 g/mol. The molecule has 3 N–H and O–H groups in total. The highest BCUT2D eigenvalue weighted by Crippen LogP contribution is 2.20. The van der Waals surface area contributed by atoms with Crippen LogP contribution in [0.1, 0.15) is 26.2 Å². The lowest BCUT2D eigenvalue weighted by Gasteiger charge is -2.16. The van der Waals surface area contributed by atoms with Gasteiger partial charge in [-0.15, -0.1) is 0 Å². The number of carboxylic acids is 1. The molecule has 4 unspecified atom stereocenters. The highest BCUT2D eigenvalue weighted by atomic mass is 16.5. The molecular weight excluding hydrogens is 264 g/mol. The molecule has 2 saturated heterocycles. The molecule has 0 aliphatic carbocycles. The van der Waals surface area contributed by atoms with Crippen LogP contribution in [0.15, 0.2) is 0 Å². The van der Waals surface area contributed by atoms with Crippen molar-refractivity contribution in [2.75, 3.05) is 19.7 Å². The Kier molecular flexibility index (Phi) is 5.19. The van der Waals surface area contributed by atoms with E-state index in [9.17, 15) is 9.59 Å². The van der Waals surface area contributed by atoms with Gasteiger partial charge in [0, 0.05) is 25.6 Å². The van der Waals surface area contributed by atoms with Crippen molar-refractivity contribution in [2.45, 2.75) is 44.5 Å². The average molecular weight is 286 g/mol. The van der Waals surface area contributed by atoms with Gasteiger partial charge >= 0.3 is 12.0 Å². The first kappa shape index (κ1) is 15.1. The van der Waals surface area contributed by atoms with Crippen molar-refractivity contribution in [3.8, 4) is 0 Å². The summed E-state index contributed by atoms with van der Waals surface area (Å²) in [4.78, 5) is 22.4. The van der Waals surface area contributed by atoms with Gasteiger partial charge in [0.1, 0.15) is 0 Å². The van der Waals surface area contributed by atoms with Gasteiger partial charge in [-0.05, 0) is 26.2 Å². The van der Waals surface area contributed by atoms with E-state index in [1.165, 1.54) is 0 Å². The second-order valence-electron chi connectivity index (χ2n) is 5.38. The highest BCUT2D eigenvalue weighted by molar-refractivity contribution is 5.74. The number of urea groups is 1. The van der Waals surface area contributed by atoms with E-state index >= 15 is 0 Å². The van der Waals surface area contributed by atoms with Crippen LogP contribution in [0, 0.1) is 5.92 Å². The molecule has 0 spiro atoms. The van der Waals surface area contributed by atoms with Gasteiger partial charge in [-0.2, -0.15) is 0 Å². The summed E-state index contributed by atoms with van der Waals surface area (Å²) in [7, 11) is 0. The predicted octanol–water partition coefficient (Wildman–Crippen LogP) is 0.343. The summed E-state index contributed by atoms with van der Waals surface area (Å²) < 4.78 is 10.7.